The average molecular weight is 363 g/mol. The molecule has 27 heavy (non-hydrogen) atoms. The third-order valence-electron chi connectivity index (χ3n) is 5.40. The summed E-state index contributed by atoms with van der Waals surface area (Å²) in [6.07, 6.45) is 3.73. The third kappa shape index (κ3) is 3.65. The topological polar surface area (TPSA) is 63.1 Å². The van der Waals surface area contributed by atoms with Gasteiger partial charge in [0.05, 0.1) is 17.0 Å². The van der Waals surface area contributed by atoms with E-state index in [0.717, 1.165) is 54.2 Å². The monoisotopic (exact) mass is 363 g/mol. The highest BCUT2D eigenvalue weighted by molar-refractivity contribution is 5.80. The van der Waals surface area contributed by atoms with Crippen molar-refractivity contribution in [3.8, 4) is 0 Å². The number of anilines is 1. The molecule has 6 heteroatoms. The number of amides is 1. The van der Waals surface area contributed by atoms with Crippen molar-refractivity contribution in [2.45, 2.75) is 26.3 Å². The number of aromatic nitrogens is 3. The molecule has 6 nitrogen and oxygen atoms in total. The van der Waals surface area contributed by atoms with Crippen LogP contribution in [-0.4, -0.2) is 33.5 Å². The minimum atomic E-state index is 0.00146. The first-order valence-electron chi connectivity index (χ1n) is 9.47. The number of benzene rings is 1. The molecule has 1 aliphatic heterocycles. The van der Waals surface area contributed by atoms with Crippen LogP contribution in [-0.2, 0) is 18.4 Å². The van der Waals surface area contributed by atoms with Gasteiger partial charge in [-0.1, -0.05) is 12.1 Å². The minimum absolute atomic E-state index is 0.00146. The molecule has 2 aromatic heterocycles. The lowest BCUT2D eigenvalue weighted by Gasteiger charge is -2.32. The van der Waals surface area contributed by atoms with Gasteiger partial charge in [0, 0.05) is 32.9 Å². The maximum absolute atomic E-state index is 12.7. The van der Waals surface area contributed by atoms with Gasteiger partial charge in [0.2, 0.25) is 5.91 Å². The van der Waals surface area contributed by atoms with E-state index in [1.54, 1.807) is 6.20 Å². The van der Waals surface area contributed by atoms with Crippen LogP contribution in [0.1, 0.15) is 24.2 Å². The molecule has 4 rings (SSSR count). The van der Waals surface area contributed by atoms with E-state index in [1.165, 1.54) is 0 Å². The molecule has 1 aliphatic rings. The Morgan fingerprint density at radius 1 is 1.30 bits per heavy atom. The standard InChI is InChI=1S/C21H25N5O/c1-15-24-18-12-16(8-9-19(18)25(15)2)13-23-21(27)17-6-5-11-26(14-17)20-7-3-4-10-22-20/h3-4,7-10,12,17H,5-6,11,13-14H2,1-2H3,(H,23,27). The molecule has 1 fully saturated rings. The van der Waals surface area contributed by atoms with Gasteiger partial charge in [-0.2, -0.15) is 0 Å². The number of hydrogen-bond donors (Lipinski definition) is 1. The Hall–Kier alpha value is -2.89. The van der Waals surface area contributed by atoms with Crippen molar-refractivity contribution >= 4 is 22.8 Å². The predicted octanol–water partition coefficient (Wildman–Crippen LogP) is 2.81. The van der Waals surface area contributed by atoms with E-state index in [4.69, 9.17) is 0 Å². The molecule has 0 bridgehead atoms. The number of carbonyl (C=O) groups excluding carboxylic acids is 1. The lowest BCUT2D eigenvalue weighted by atomic mass is 9.97. The highest BCUT2D eigenvalue weighted by Gasteiger charge is 2.26. The van der Waals surface area contributed by atoms with E-state index in [2.05, 4.69) is 43.0 Å². The number of carbonyl (C=O) groups is 1. The van der Waals surface area contributed by atoms with Crippen LogP contribution < -0.4 is 10.2 Å². The Bertz CT molecular complexity index is 950. The summed E-state index contributed by atoms with van der Waals surface area (Å²) in [5.41, 5.74) is 3.16. The molecule has 1 aromatic carbocycles. The number of piperidine rings is 1. The molecule has 140 valence electrons. The molecule has 1 saturated heterocycles. The first-order valence-corrected chi connectivity index (χ1v) is 9.47. The first-order chi connectivity index (χ1) is 13.1. The Balaban J connectivity index is 1.39. The number of aryl methyl sites for hydroxylation is 2. The van der Waals surface area contributed by atoms with Gasteiger partial charge in [-0.05, 0) is 49.6 Å². The van der Waals surface area contributed by atoms with Crippen LogP contribution in [0.15, 0.2) is 42.6 Å². The normalized spacial score (nSPS) is 17.3. The van der Waals surface area contributed by atoms with Gasteiger partial charge < -0.3 is 14.8 Å². The molecule has 1 unspecified atom stereocenters. The maximum atomic E-state index is 12.7. The summed E-state index contributed by atoms with van der Waals surface area (Å²) in [5, 5.41) is 3.11. The lowest BCUT2D eigenvalue weighted by molar-refractivity contribution is -0.125. The van der Waals surface area contributed by atoms with Gasteiger partial charge in [-0.15, -0.1) is 0 Å². The molecule has 1 amide bonds. The van der Waals surface area contributed by atoms with Crippen LogP contribution in [0.5, 0.6) is 0 Å². The van der Waals surface area contributed by atoms with Crippen molar-refractivity contribution in [2.75, 3.05) is 18.0 Å². The van der Waals surface area contributed by atoms with E-state index in [-0.39, 0.29) is 11.8 Å². The zero-order chi connectivity index (χ0) is 18.8. The summed E-state index contributed by atoms with van der Waals surface area (Å²) >= 11 is 0. The zero-order valence-corrected chi connectivity index (χ0v) is 15.9. The predicted molar refractivity (Wildman–Crippen MR) is 106 cm³/mol. The second kappa shape index (κ2) is 7.39. The summed E-state index contributed by atoms with van der Waals surface area (Å²) in [6, 6.07) is 12.1. The van der Waals surface area contributed by atoms with Gasteiger partial charge in [0.1, 0.15) is 11.6 Å². The summed E-state index contributed by atoms with van der Waals surface area (Å²) in [7, 11) is 2.02. The zero-order valence-electron chi connectivity index (χ0n) is 15.9. The lowest BCUT2D eigenvalue weighted by Crippen LogP contribution is -2.43. The SMILES string of the molecule is Cc1nc2cc(CNC(=O)C3CCCN(c4ccccn4)C3)ccc2n1C. The number of nitrogens with one attached hydrogen (secondary N) is 1. The van der Waals surface area contributed by atoms with Crippen LogP contribution in [0.25, 0.3) is 11.0 Å². The number of imidazole rings is 1. The van der Waals surface area contributed by atoms with Crippen LogP contribution in [0.2, 0.25) is 0 Å². The second-order valence-electron chi connectivity index (χ2n) is 7.23. The number of hydrogen-bond acceptors (Lipinski definition) is 4. The molecular weight excluding hydrogens is 338 g/mol. The number of pyridine rings is 1. The van der Waals surface area contributed by atoms with Gasteiger partial charge in [-0.25, -0.2) is 9.97 Å². The van der Waals surface area contributed by atoms with Gasteiger partial charge in [0.15, 0.2) is 0 Å². The molecule has 0 radical (unpaired) electrons. The molecular formula is C21H25N5O. The molecule has 0 saturated carbocycles. The third-order valence-corrected chi connectivity index (χ3v) is 5.40. The van der Waals surface area contributed by atoms with E-state index in [0.29, 0.717) is 6.54 Å². The molecule has 1 N–H and O–H groups in total. The van der Waals surface area contributed by atoms with E-state index < -0.39 is 0 Å². The Morgan fingerprint density at radius 3 is 3.00 bits per heavy atom. The van der Waals surface area contributed by atoms with Crippen LogP contribution in [0, 0.1) is 12.8 Å². The van der Waals surface area contributed by atoms with Crippen molar-refractivity contribution < 1.29 is 4.79 Å². The fourth-order valence-electron chi connectivity index (χ4n) is 3.75. The van der Waals surface area contributed by atoms with E-state index in [1.807, 2.05) is 32.2 Å². The van der Waals surface area contributed by atoms with Crippen molar-refractivity contribution in [3.63, 3.8) is 0 Å². The fourth-order valence-corrected chi connectivity index (χ4v) is 3.75. The fraction of sp³-hybridized carbons (Fsp3) is 0.381. The van der Waals surface area contributed by atoms with Crippen LogP contribution in [0.3, 0.4) is 0 Å². The maximum Gasteiger partial charge on any atom is 0.225 e. The molecule has 1 atom stereocenters. The summed E-state index contributed by atoms with van der Waals surface area (Å²) in [4.78, 5) is 23.9. The number of rotatable bonds is 4. The van der Waals surface area contributed by atoms with Gasteiger partial charge in [0.25, 0.3) is 0 Å². The van der Waals surface area contributed by atoms with E-state index >= 15 is 0 Å². The quantitative estimate of drug-likeness (QED) is 0.774. The molecule has 3 heterocycles. The second-order valence-corrected chi connectivity index (χ2v) is 7.23. The smallest absolute Gasteiger partial charge is 0.225 e. The highest BCUT2D eigenvalue weighted by Crippen LogP contribution is 2.22. The van der Waals surface area contributed by atoms with Crippen molar-refractivity contribution in [3.05, 3.63) is 54.0 Å². The summed E-state index contributed by atoms with van der Waals surface area (Å²) in [5.74, 6) is 2.06. The molecule has 0 spiro atoms. The Labute approximate surface area is 159 Å². The first kappa shape index (κ1) is 17.5. The Morgan fingerprint density at radius 2 is 2.19 bits per heavy atom. The minimum Gasteiger partial charge on any atom is -0.356 e. The van der Waals surface area contributed by atoms with E-state index in [9.17, 15) is 4.79 Å². The van der Waals surface area contributed by atoms with Gasteiger partial charge in [-0.3, -0.25) is 4.79 Å². The van der Waals surface area contributed by atoms with Crippen molar-refractivity contribution in [1.82, 2.24) is 19.9 Å². The van der Waals surface area contributed by atoms with Crippen LogP contribution in [0.4, 0.5) is 5.82 Å². The van der Waals surface area contributed by atoms with Crippen molar-refractivity contribution in [2.24, 2.45) is 13.0 Å². The summed E-state index contributed by atoms with van der Waals surface area (Å²) in [6.45, 7) is 4.21. The number of nitrogens with zero attached hydrogens (tertiary/aromatic N) is 4. The molecule has 3 aromatic rings. The molecule has 0 aliphatic carbocycles. The number of fused-ring (bicyclic) bond motifs is 1. The van der Waals surface area contributed by atoms with Gasteiger partial charge >= 0.3 is 0 Å². The highest BCUT2D eigenvalue weighted by atomic mass is 16.1. The largest absolute Gasteiger partial charge is 0.356 e. The van der Waals surface area contributed by atoms with Crippen LogP contribution >= 0.6 is 0 Å². The average Bonchev–Trinajstić information content (AvgIpc) is 3.00. The Kier molecular flexibility index (Phi) is 4.79. The summed E-state index contributed by atoms with van der Waals surface area (Å²) < 4.78 is 2.08. The van der Waals surface area contributed by atoms with Crippen molar-refractivity contribution in [1.29, 1.82) is 0 Å².